The Kier molecular flexibility index (Phi) is 4.13. The fourth-order valence-corrected chi connectivity index (χ4v) is 2.09. The van der Waals surface area contributed by atoms with Crippen molar-refractivity contribution in [3.8, 4) is 11.1 Å². The van der Waals surface area contributed by atoms with Crippen molar-refractivity contribution in [2.75, 3.05) is 6.54 Å². The third kappa shape index (κ3) is 3.19. The molecule has 6 heteroatoms. The van der Waals surface area contributed by atoms with Crippen LogP contribution in [0.3, 0.4) is 0 Å². The summed E-state index contributed by atoms with van der Waals surface area (Å²) < 4.78 is 39.9. The van der Waals surface area contributed by atoms with Crippen LogP contribution in [0.25, 0.3) is 11.1 Å². The van der Waals surface area contributed by atoms with Crippen LogP contribution >= 0.6 is 0 Å². The van der Waals surface area contributed by atoms with Crippen molar-refractivity contribution in [1.82, 2.24) is 9.78 Å². The predicted octanol–water partition coefficient (Wildman–Crippen LogP) is 3.00. The van der Waals surface area contributed by atoms with Crippen LogP contribution in [0.4, 0.5) is 13.2 Å². The number of nitrogens with zero attached hydrogens (tertiary/aromatic N) is 2. The van der Waals surface area contributed by atoms with Gasteiger partial charge in [0.25, 0.3) is 0 Å². The molecule has 0 atom stereocenters. The Balaban J connectivity index is 2.41. The fourth-order valence-electron chi connectivity index (χ4n) is 2.09. The minimum Gasteiger partial charge on any atom is -0.330 e. The lowest BCUT2D eigenvalue weighted by Crippen LogP contribution is -2.05. The Labute approximate surface area is 115 Å². The minimum absolute atomic E-state index is 0.526. The maximum Gasteiger partial charge on any atom is 0.416 e. The van der Waals surface area contributed by atoms with E-state index >= 15 is 0 Å². The summed E-state index contributed by atoms with van der Waals surface area (Å²) in [4.78, 5) is 0. The highest BCUT2D eigenvalue weighted by Gasteiger charge is 2.30. The van der Waals surface area contributed by atoms with Gasteiger partial charge in [-0.05, 0) is 37.1 Å². The Morgan fingerprint density at radius 3 is 2.70 bits per heavy atom. The summed E-state index contributed by atoms with van der Waals surface area (Å²) in [7, 11) is 1.75. The van der Waals surface area contributed by atoms with Gasteiger partial charge in [-0.25, -0.2) is 0 Å². The summed E-state index contributed by atoms with van der Waals surface area (Å²) in [5.74, 6) is 0. The van der Waals surface area contributed by atoms with Gasteiger partial charge in [-0.2, -0.15) is 18.3 Å². The van der Waals surface area contributed by atoms with Gasteiger partial charge in [0.1, 0.15) is 0 Å². The summed E-state index contributed by atoms with van der Waals surface area (Å²) >= 11 is 0. The van der Waals surface area contributed by atoms with Crippen molar-refractivity contribution in [1.29, 1.82) is 0 Å². The second kappa shape index (κ2) is 5.66. The zero-order valence-electron chi connectivity index (χ0n) is 11.1. The van der Waals surface area contributed by atoms with Crippen molar-refractivity contribution >= 4 is 0 Å². The molecule has 0 aliphatic heterocycles. The number of hydrogen-bond donors (Lipinski definition) is 1. The zero-order chi connectivity index (χ0) is 14.8. The molecule has 0 bridgehead atoms. The van der Waals surface area contributed by atoms with E-state index in [2.05, 4.69) is 5.10 Å². The van der Waals surface area contributed by atoms with Crippen LogP contribution in [0.2, 0.25) is 0 Å². The van der Waals surface area contributed by atoms with E-state index < -0.39 is 11.7 Å². The number of aromatic nitrogens is 2. The molecule has 1 heterocycles. The van der Waals surface area contributed by atoms with Gasteiger partial charge in [-0.1, -0.05) is 12.1 Å². The van der Waals surface area contributed by atoms with Crippen molar-refractivity contribution < 1.29 is 13.2 Å². The van der Waals surface area contributed by atoms with Gasteiger partial charge in [0.2, 0.25) is 0 Å². The molecule has 2 N–H and O–H groups in total. The molecule has 0 saturated carbocycles. The molecule has 2 rings (SSSR count). The molecule has 0 aliphatic carbocycles. The van der Waals surface area contributed by atoms with E-state index in [4.69, 9.17) is 5.73 Å². The molecule has 0 unspecified atom stereocenters. The predicted molar refractivity (Wildman–Crippen MR) is 71.0 cm³/mol. The molecule has 1 aromatic heterocycles. The van der Waals surface area contributed by atoms with Gasteiger partial charge in [0.05, 0.1) is 11.3 Å². The molecule has 0 saturated heterocycles. The van der Waals surface area contributed by atoms with Crippen LogP contribution in [-0.4, -0.2) is 16.3 Å². The fraction of sp³-hybridized carbons (Fsp3) is 0.357. The SMILES string of the molecule is Cn1cc(-c2cccc(C(F)(F)F)c2)c(CCCN)n1. The maximum absolute atomic E-state index is 12.8. The van der Waals surface area contributed by atoms with Crippen molar-refractivity contribution in [2.45, 2.75) is 19.0 Å². The topological polar surface area (TPSA) is 43.8 Å². The van der Waals surface area contributed by atoms with E-state index in [0.29, 0.717) is 18.5 Å². The number of halogens is 3. The Morgan fingerprint density at radius 1 is 1.30 bits per heavy atom. The lowest BCUT2D eigenvalue weighted by atomic mass is 10.0. The van der Waals surface area contributed by atoms with Crippen LogP contribution in [-0.2, 0) is 19.6 Å². The van der Waals surface area contributed by atoms with Gasteiger partial charge in [-0.15, -0.1) is 0 Å². The average Bonchev–Trinajstić information content (AvgIpc) is 2.77. The van der Waals surface area contributed by atoms with E-state index in [1.54, 1.807) is 24.0 Å². The van der Waals surface area contributed by atoms with Gasteiger partial charge >= 0.3 is 6.18 Å². The normalized spacial score (nSPS) is 11.8. The maximum atomic E-state index is 12.8. The van der Waals surface area contributed by atoms with Gasteiger partial charge in [-0.3, -0.25) is 4.68 Å². The first-order chi connectivity index (χ1) is 9.41. The molecule has 1 aromatic carbocycles. The van der Waals surface area contributed by atoms with E-state index in [1.807, 2.05) is 0 Å². The largest absolute Gasteiger partial charge is 0.416 e. The number of aryl methyl sites for hydroxylation is 2. The molecule has 0 spiro atoms. The molecule has 3 nitrogen and oxygen atoms in total. The number of hydrogen-bond acceptors (Lipinski definition) is 2. The Hall–Kier alpha value is -1.82. The van der Waals surface area contributed by atoms with Crippen molar-refractivity contribution in [3.63, 3.8) is 0 Å². The molecule has 0 fully saturated rings. The summed E-state index contributed by atoms with van der Waals surface area (Å²) in [5, 5.41) is 4.30. The van der Waals surface area contributed by atoms with E-state index in [1.165, 1.54) is 6.07 Å². The van der Waals surface area contributed by atoms with Crippen LogP contribution in [0, 0.1) is 0 Å². The first-order valence-electron chi connectivity index (χ1n) is 6.32. The van der Waals surface area contributed by atoms with E-state index in [0.717, 1.165) is 29.8 Å². The van der Waals surface area contributed by atoms with Gasteiger partial charge < -0.3 is 5.73 Å². The van der Waals surface area contributed by atoms with Crippen LogP contribution in [0.1, 0.15) is 17.7 Å². The number of benzene rings is 1. The highest BCUT2D eigenvalue weighted by Crippen LogP contribution is 2.33. The molecule has 2 aromatic rings. The highest BCUT2D eigenvalue weighted by atomic mass is 19.4. The van der Waals surface area contributed by atoms with Crippen LogP contribution in [0.15, 0.2) is 30.5 Å². The van der Waals surface area contributed by atoms with E-state index in [9.17, 15) is 13.2 Å². The first kappa shape index (κ1) is 14.6. The van der Waals surface area contributed by atoms with Crippen molar-refractivity contribution in [3.05, 3.63) is 41.7 Å². The number of nitrogens with two attached hydrogens (primary N) is 1. The molecule has 20 heavy (non-hydrogen) atoms. The van der Waals surface area contributed by atoms with Crippen LogP contribution < -0.4 is 5.73 Å². The Morgan fingerprint density at radius 2 is 2.05 bits per heavy atom. The second-order valence-electron chi connectivity index (χ2n) is 4.63. The molecule has 0 aliphatic rings. The minimum atomic E-state index is -4.34. The average molecular weight is 283 g/mol. The number of rotatable bonds is 4. The van der Waals surface area contributed by atoms with Crippen molar-refractivity contribution in [2.24, 2.45) is 12.8 Å². The first-order valence-corrected chi connectivity index (χ1v) is 6.32. The molecular weight excluding hydrogens is 267 g/mol. The second-order valence-corrected chi connectivity index (χ2v) is 4.63. The quantitative estimate of drug-likeness (QED) is 0.937. The molecular formula is C14H16F3N3. The third-order valence-corrected chi connectivity index (χ3v) is 3.02. The summed E-state index contributed by atoms with van der Waals surface area (Å²) in [6.07, 6.45) is -1.19. The third-order valence-electron chi connectivity index (χ3n) is 3.02. The smallest absolute Gasteiger partial charge is 0.330 e. The number of alkyl halides is 3. The van der Waals surface area contributed by atoms with Gasteiger partial charge in [0, 0.05) is 18.8 Å². The molecule has 108 valence electrons. The summed E-state index contributed by atoms with van der Waals surface area (Å²) in [6, 6.07) is 5.30. The highest BCUT2D eigenvalue weighted by molar-refractivity contribution is 5.66. The summed E-state index contributed by atoms with van der Waals surface area (Å²) in [5.41, 5.74) is 6.85. The molecule has 0 amide bonds. The molecule has 0 radical (unpaired) electrons. The Bertz CT molecular complexity index is 588. The monoisotopic (exact) mass is 283 g/mol. The standard InChI is InChI=1S/C14H16F3N3/c1-20-9-12(13(19-20)6-3-7-18)10-4-2-5-11(8-10)14(15,16)17/h2,4-5,8-9H,3,6-7,18H2,1H3. The lowest BCUT2D eigenvalue weighted by molar-refractivity contribution is -0.137. The lowest BCUT2D eigenvalue weighted by Gasteiger charge is -2.08. The van der Waals surface area contributed by atoms with Gasteiger partial charge in [0.15, 0.2) is 0 Å². The van der Waals surface area contributed by atoms with E-state index in [-0.39, 0.29) is 0 Å². The summed E-state index contributed by atoms with van der Waals surface area (Å²) in [6.45, 7) is 0.526. The van der Waals surface area contributed by atoms with Crippen LogP contribution in [0.5, 0.6) is 0 Å². The zero-order valence-corrected chi connectivity index (χ0v) is 11.1.